The minimum atomic E-state index is 0.585. The molecule has 1 aromatic heterocycles. The van der Waals surface area contributed by atoms with Gasteiger partial charge in [0.25, 0.3) is 0 Å². The summed E-state index contributed by atoms with van der Waals surface area (Å²) >= 11 is 0. The first-order chi connectivity index (χ1) is 9.76. The molecule has 0 fully saturated rings. The fourth-order valence-electron chi connectivity index (χ4n) is 1.81. The lowest BCUT2D eigenvalue weighted by atomic mass is 10.2. The van der Waals surface area contributed by atoms with Gasteiger partial charge in [-0.05, 0) is 23.8 Å². The van der Waals surface area contributed by atoms with E-state index in [2.05, 4.69) is 10.3 Å². The van der Waals surface area contributed by atoms with Gasteiger partial charge in [-0.25, -0.2) is 0 Å². The van der Waals surface area contributed by atoms with E-state index in [0.29, 0.717) is 18.2 Å². The van der Waals surface area contributed by atoms with Gasteiger partial charge in [-0.15, -0.1) is 0 Å². The summed E-state index contributed by atoms with van der Waals surface area (Å²) in [6, 6.07) is 11.4. The Hall–Kier alpha value is -2.43. The first-order valence-electron chi connectivity index (χ1n) is 6.22. The summed E-state index contributed by atoms with van der Waals surface area (Å²) in [7, 11) is 4.84. The van der Waals surface area contributed by atoms with Crippen molar-refractivity contribution in [2.75, 3.05) is 26.6 Å². The number of benzene rings is 1. The Kier molecular flexibility index (Phi) is 4.65. The first kappa shape index (κ1) is 14.0. The highest BCUT2D eigenvalue weighted by molar-refractivity contribution is 5.44. The van der Waals surface area contributed by atoms with E-state index in [-0.39, 0.29) is 0 Å². The van der Waals surface area contributed by atoms with Gasteiger partial charge in [0, 0.05) is 12.6 Å². The van der Waals surface area contributed by atoms with Crippen LogP contribution in [0.5, 0.6) is 17.4 Å². The highest BCUT2D eigenvalue weighted by atomic mass is 16.5. The molecule has 1 aromatic carbocycles. The van der Waals surface area contributed by atoms with Gasteiger partial charge >= 0.3 is 0 Å². The van der Waals surface area contributed by atoms with E-state index >= 15 is 0 Å². The van der Waals surface area contributed by atoms with E-state index in [1.807, 2.05) is 36.4 Å². The molecule has 5 nitrogen and oxygen atoms in total. The van der Waals surface area contributed by atoms with Crippen molar-refractivity contribution in [3.8, 4) is 17.4 Å². The number of ether oxygens (including phenoxy) is 3. The number of nitrogens with zero attached hydrogens (tertiary/aromatic N) is 1. The zero-order valence-electron chi connectivity index (χ0n) is 11.8. The Labute approximate surface area is 118 Å². The summed E-state index contributed by atoms with van der Waals surface area (Å²) in [5.41, 5.74) is 1.08. The van der Waals surface area contributed by atoms with Crippen LogP contribution in [0.15, 0.2) is 36.4 Å². The van der Waals surface area contributed by atoms with E-state index in [1.54, 1.807) is 21.3 Å². The van der Waals surface area contributed by atoms with E-state index in [1.165, 1.54) is 0 Å². The van der Waals surface area contributed by atoms with Crippen LogP contribution >= 0.6 is 0 Å². The number of pyridine rings is 1. The van der Waals surface area contributed by atoms with Crippen LogP contribution in [-0.4, -0.2) is 26.3 Å². The van der Waals surface area contributed by atoms with Gasteiger partial charge in [0.05, 0.1) is 21.3 Å². The number of methoxy groups -OCH3 is 3. The summed E-state index contributed by atoms with van der Waals surface area (Å²) in [5, 5.41) is 3.24. The Morgan fingerprint density at radius 1 is 0.950 bits per heavy atom. The van der Waals surface area contributed by atoms with Gasteiger partial charge < -0.3 is 19.5 Å². The molecule has 0 atom stereocenters. The lowest BCUT2D eigenvalue weighted by Gasteiger charge is -2.11. The average Bonchev–Trinajstić information content (AvgIpc) is 2.52. The molecular formula is C15H18N2O3. The predicted octanol–water partition coefficient (Wildman–Crippen LogP) is 2.72. The molecule has 0 amide bonds. The molecule has 1 heterocycles. The Bertz CT molecular complexity index is 573. The lowest BCUT2D eigenvalue weighted by Crippen LogP contribution is -2.02. The summed E-state index contributed by atoms with van der Waals surface area (Å²) in [6.07, 6.45) is 0. The fraction of sp³-hybridized carbons (Fsp3) is 0.267. The molecule has 1 N–H and O–H groups in total. The number of rotatable bonds is 6. The van der Waals surface area contributed by atoms with Gasteiger partial charge in [-0.3, -0.25) is 0 Å². The van der Waals surface area contributed by atoms with Crippen molar-refractivity contribution in [3.63, 3.8) is 0 Å². The fourth-order valence-corrected chi connectivity index (χ4v) is 1.81. The molecule has 0 unspecified atom stereocenters. The normalized spacial score (nSPS) is 9.95. The zero-order valence-corrected chi connectivity index (χ0v) is 11.8. The monoisotopic (exact) mass is 274 g/mol. The van der Waals surface area contributed by atoms with Crippen molar-refractivity contribution in [3.05, 3.63) is 42.0 Å². The maximum Gasteiger partial charge on any atom is 0.214 e. The topological polar surface area (TPSA) is 52.6 Å². The second-order valence-corrected chi connectivity index (χ2v) is 4.11. The Morgan fingerprint density at radius 3 is 2.45 bits per heavy atom. The number of aromatic nitrogens is 1. The third-order valence-corrected chi connectivity index (χ3v) is 2.85. The molecular weight excluding hydrogens is 256 g/mol. The van der Waals surface area contributed by atoms with Crippen molar-refractivity contribution in [2.24, 2.45) is 0 Å². The van der Waals surface area contributed by atoms with Crippen LogP contribution < -0.4 is 19.5 Å². The van der Waals surface area contributed by atoms with Crippen LogP contribution in [0.1, 0.15) is 5.56 Å². The number of anilines is 1. The second kappa shape index (κ2) is 6.65. The third kappa shape index (κ3) is 3.32. The molecule has 0 aliphatic heterocycles. The maximum atomic E-state index is 5.28. The van der Waals surface area contributed by atoms with Crippen LogP contribution in [-0.2, 0) is 6.54 Å². The van der Waals surface area contributed by atoms with Gasteiger partial charge in [0.15, 0.2) is 11.5 Å². The first-order valence-corrected chi connectivity index (χ1v) is 6.22. The van der Waals surface area contributed by atoms with Crippen molar-refractivity contribution >= 4 is 5.82 Å². The summed E-state index contributed by atoms with van der Waals surface area (Å²) in [6.45, 7) is 0.639. The van der Waals surface area contributed by atoms with Crippen molar-refractivity contribution < 1.29 is 14.2 Å². The largest absolute Gasteiger partial charge is 0.493 e. The molecule has 0 saturated heterocycles. The van der Waals surface area contributed by atoms with Gasteiger partial charge in [-0.2, -0.15) is 4.98 Å². The average molecular weight is 274 g/mol. The number of hydrogen-bond acceptors (Lipinski definition) is 5. The van der Waals surface area contributed by atoms with E-state index in [9.17, 15) is 0 Å². The van der Waals surface area contributed by atoms with Gasteiger partial charge in [-0.1, -0.05) is 12.1 Å². The second-order valence-electron chi connectivity index (χ2n) is 4.11. The highest BCUT2D eigenvalue weighted by Crippen LogP contribution is 2.27. The molecule has 0 bridgehead atoms. The highest BCUT2D eigenvalue weighted by Gasteiger charge is 2.04. The summed E-state index contributed by atoms with van der Waals surface area (Å²) in [5.74, 6) is 2.78. The van der Waals surface area contributed by atoms with Crippen LogP contribution in [0.3, 0.4) is 0 Å². The Balaban J connectivity index is 2.06. The summed E-state index contributed by atoms with van der Waals surface area (Å²) in [4.78, 5) is 4.29. The molecule has 0 radical (unpaired) electrons. The molecule has 0 aliphatic rings. The lowest BCUT2D eigenvalue weighted by molar-refractivity contribution is 0.354. The van der Waals surface area contributed by atoms with Gasteiger partial charge in [0.1, 0.15) is 5.82 Å². The molecule has 106 valence electrons. The SMILES string of the molecule is COc1cccc(NCc2ccc(OC)c(OC)c2)n1. The minimum absolute atomic E-state index is 0.585. The quantitative estimate of drug-likeness (QED) is 0.877. The minimum Gasteiger partial charge on any atom is -0.493 e. The predicted molar refractivity (Wildman–Crippen MR) is 77.7 cm³/mol. The molecule has 5 heteroatoms. The van der Waals surface area contributed by atoms with Crippen molar-refractivity contribution in [1.82, 2.24) is 4.98 Å². The van der Waals surface area contributed by atoms with Crippen LogP contribution in [0.4, 0.5) is 5.82 Å². The molecule has 0 spiro atoms. The third-order valence-electron chi connectivity index (χ3n) is 2.85. The smallest absolute Gasteiger partial charge is 0.214 e. The summed E-state index contributed by atoms with van der Waals surface area (Å²) < 4.78 is 15.6. The van der Waals surface area contributed by atoms with Crippen molar-refractivity contribution in [2.45, 2.75) is 6.54 Å². The van der Waals surface area contributed by atoms with Crippen LogP contribution in [0, 0.1) is 0 Å². The van der Waals surface area contributed by atoms with E-state index in [0.717, 1.165) is 17.1 Å². The van der Waals surface area contributed by atoms with E-state index in [4.69, 9.17) is 14.2 Å². The molecule has 0 aliphatic carbocycles. The number of hydrogen-bond donors (Lipinski definition) is 1. The Morgan fingerprint density at radius 2 is 1.75 bits per heavy atom. The molecule has 2 aromatic rings. The van der Waals surface area contributed by atoms with E-state index < -0.39 is 0 Å². The number of nitrogens with one attached hydrogen (secondary N) is 1. The molecule has 20 heavy (non-hydrogen) atoms. The maximum absolute atomic E-state index is 5.28. The van der Waals surface area contributed by atoms with Crippen LogP contribution in [0.2, 0.25) is 0 Å². The zero-order chi connectivity index (χ0) is 14.4. The van der Waals surface area contributed by atoms with Crippen LogP contribution in [0.25, 0.3) is 0 Å². The van der Waals surface area contributed by atoms with Gasteiger partial charge in [0.2, 0.25) is 5.88 Å². The molecule has 0 saturated carbocycles. The van der Waals surface area contributed by atoms with Crippen molar-refractivity contribution in [1.29, 1.82) is 0 Å². The standard InChI is InChI=1S/C15H18N2O3/c1-18-12-8-7-11(9-13(12)19-2)10-16-14-5-4-6-15(17-14)20-3/h4-9H,10H2,1-3H3,(H,16,17). The molecule has 2 rings (SSSR count).